The predicted octanol–water partition coefficient (Wildman–Crippen LogP) is 5.03. The molecule has 4 heterocycles. The zero-order valence-corrected chi connectivity index (χ0v) is 31.6. The standard InChI is InChI=1S/C37H46N6O7S2/c1-22(2)29-21-51-33(40-29)28-18-31(26-12-11-24(49-4)16-27(26)39-28)50-25-17-30-32(44)41-37(34(45)42-52(47,48)36(3)13-14-36)19-23(37)10-8-6-5-7-9-15-38-35(46)43(30)20-25/h8,10-12,16,18,21-23,25,30H,5-7,9,13-15,17,19-20H2,1-4H3,(H,38,46)(H,41,44)(H,42,45)/b10-8+. The number of pyridine rings is 1. The molecule has 278 valence electrons. The monoisotopic (exact) mass is 750 g/mol. The number of hydrogen-bond donors (Lipinski definition) is 3. The van der Waals surface area contributed by atoms with Crippen molar-refractivity contribution in [2.75, 3.05) is 20.2 Å². The zero-order valence-electron chi connectivity index (χ0n) is 29.9. The van der Waals surface area contributed by atoms with Gasteiger partial charge in [-0.15, -0.1) is 11.3 Å². The molecule has 3 fully saturated rings. The number of fused-ring (bicyclic) bond motifs is 3. The summed E-state index contributed by atoms with van der Waals surface area (Å²) in [7, 11) is -2.34. The molecule has 4 amide bonds. The largest absolute Gasteiger partial charge is 0.497 e. The summed E-state index contributed by atoms with van der Waals surface area (Å²) >= 11 is 1.50. The molecule has 15 heteroatoms. The predicted molar refractivity (Wildman–Crippen MR) is 198 cm³/mol. The highest BCUT2D eigenvalue weighted by Gasteiger charge is 2.63. The van der Waals surface area contributed by atoms with Gasteiger partial charge in [0.25, 0.3) is 5.91 Å². The summed E-state index contributed by atoms with van der Waals surface area (Å²) in [6, 6.07) is 6.00. The second-order valence-electron chi connectivity index (χ2n) is 14.9. The number of carbonyl (C=O) groups is 3. The van der Waals surface area contributed by atoms with Crippen LogP contribution in [0.25, 0.3) is 21.6 Å². The third kappa shape index (κ3) is 7.08. The normalized spacial score (nSPS) is 26.6. The van der Waals surface area contributed by atoms with E-state index in [1.807, 2.05) is 41.8 Å². The van der Waals surface area contributed by atoms with Crippen molar-refractivity contribution < 1.29 is 32.3 Å². The maximum absolute atomic E-state index is 14.2. The van der Waals surface area contributed by atoms with E-state index in [1.54, 1.807) is 14.0 Å². The SMILES string of the molecule is COc1ccc2c(OC3CC4C(=O)NC5(C(=O)NS(=O)(=O)C6(C)CC6)CC5/C=C/CCCCCNC(=O)N4C3)cc(-c3nc(C(C)C)cs3)nc2c1. The fourth-order valence-corrected chi connectivity index (χ4v) is 9.15. The Balaban J connectivity index is 1.18. The minimum absolute atomic E-state index is 0.114. The molecular formula is C37H46N6O7S2. The number of urea groups is 1. The van der Waals surface area contributed by atoms with Gasteiger partial charge >= 0.3 is 6.03 Å². The van der Waals surface area contributed by atoms with Crippen molar-refractivity contribution in [1.29, 1.82) is 0 Å². The maximum Gasteiger partial charge on any atom is 0.318 e. The second-order valence-corrected chi connectivity index (χ2v) is 18.0. The molecule has 0 bridgehead atoms. The molecule has 4 aliphatic rings. The molecule has 13 nitrogen and oxygen atoms in total. The van der Waals surface area contributed by atoms with E-state index in [0.29, 0.717) is 42.1 Å². The zero-order chi connectivity index (χ0) is 36.8. The van der Waals surface area contributed by atoms with Gasteiger partial charge in [-0.1, -0.05) is 32.4 Å². The van der Waals surface area contributed by atoms with Gasteiger partial charge in [-0.05, 0) is 63.5 Å². The Kier molecular flexibility index (Phi) is 9.70. The number of amides is 4. The van der Waals surface area contributed by atoms with E-state index in [-0.39, 0.29) is 31.2 Å². The lowest BCUT2D eigenvalue weighted by molar-refractivity contribution is -0.131. The third-order valence-corrected chi connectivity index (χ3v) is 13.8. The van der Waals surface area contributed by atoms with Crippen molar-refractivity contribution in [1.82, 2.24) is 30.2 Å². The van der Waals surface area contributed by atoms with Crippen molar-refractivity contribution in [3.63, 3.8) is 0 Å². The summed E-state index contributed by atoms with van der Waals surface area (Å²) in [4.78, 5) is 52.7. The van der Waals surface area contributed by atoms with E-state index in [4.69, 9.17) is 19.4 Å². The molecule has 3 N–H and O–H groups in total. The molecule has 0 radical (unpaired) electrons. The minimum Gasteiger partial charge on any atom is -0.497 e. The molecule has 2 aliphatic carbocycles. The number of nitrogens with zero attached hydrogens (tertiary/aromatic N) is 3. The number of methoxy groups -OCH3 is 1. The van der Waals surface area contributed by atoms with E-state index in [0.717, 1.165) is 41.8 Å². The van der Waals surface area contributed by atoms with Gasteiger partial charge in [0.2, 0.25) is 15.9 Å². The van der Waals surface area contributed by atoms with Crippen LogP contribution < -0.4 is 24.8 Å². The Hall–Kier alpha value is -4.24. The average Bonchev–Trinajstić information content (AvgIpc) is 3.88. The Morgan fingerprint density at radius 1 is 1.13 bits per heavy atom. The van der Waals surface area contributed by atoms with Gasteiger partial charge in [-0.2, -0.15) is 0 Å². The molecule has 52 heavy (non-hydrogen) atoms. The van der Waals surface area contributed by atoms with Crippen LogP contribution in [-0.2, 0) is 19.6 Å². The highest BCUT2D eigenvalue weighted by atomic mass is 32.2. The molecule has 4 atom stereocenters. The van der Waals surface area contributed by atoms with Crippen molar-refractivity contribution >= 4 is 50.1 Å². The van der Waals surface area contributed by atoms with Crippen molar-refractivity contribution in [3.8, 4) is 22.2 Å². The van der Waals surface area contributed by atoms with Crippen molar-refractivity contribution in [2.24, 2.45) is 5.92 Å². The number of sulfonamides is 1. The minimum atomic E-state index is -3.94. The van der Waals surface area contributed by atoms with E-state index in [2.05, 4.69) is 29.2 Å². The highest BCUT2D eigenvalue weighted by molar-refractivity contribution is 7.91. The smallest absolute Gasteiger partial charge is 0.318 e. The van der Waals surface area contributed by atoms with Gasteiger partial charge in [-0.25, -0.2) is 23.2 Å². The van der Waals surface area contributed by atoms with Crippen LogP contribution in [0.1, 0.15) is 83.7 Å². The number of nitrogens with one attached hydrogen (secondary N) is 3. The fourth-order valence-electron chi connectivity index (χ4n) is 6.90. The third-order valence-electron chi connectivity index (χ3n) is 10.7. The molecule has 2 saturated carbocycles. The summed E-state index contributed by atoms with van der Waals surface area (Å²) in [5, 5.41) is 9.38. The van der Waals surface area contributed by atoms with Gasteiger partial charge in [0.1, 0.15) is 39.9 Å². The molecule has 1 saturated heterocycles. The number of allylic oxidation sites excluding steroid dienone is 1. The highest BCUT2D eigenvalue weighted by Crippen LogP contribution is 2.47. The number of ether oxygens (including phenoxy) is 2. The number of benzene rings is 1. The molecular weight excluding hydrogens is 705 g/mol. The van der Waals surface area contributed by atoms with Crippen LogP contribution >= 0.6 is 11.3 Å². The summed E-state index contributed by atoms with van der Waals surface area (Å²) in [5.74, 6) is -0.244. The molecule has 3 aromatic rings. The number of carbonyl (C=O) groups excluding carboxylic acids is 3. The fraction of sp³-hybridized carbons (Fsp3) is 0.541. The Morgan fingerprint density at radius 2 is 1.94 bits per heavy atom. The first-order valence-corrected chi connectivity index (χ1v) is 20.4. The Morgan fingerprint density at radius 3 is 2.67 bits per heavy atom. The summed E-state index contributed by atoms with van der Waals surface area (Å²) in [6.07, 6.45) is 8.00. The summed E-state index contributed by atoms with van der Waals surface area (Å²) < 4.78 is 39.6. The van der Waals surface area contributed by atoms with Crippen LogP contribution in [0.5, 0.6) is 11.5 Å². The maximum atomic E-state index is 14.2. The van der Waals surface area contributed by atoms with Crippen LogP contribution in [0, 0.1) is 5.92 Å². The number of hydrogen-bond acceptors (Lipinski definition) is 10. The molecule has 4 unspecified atom stereocenters. The molecule has 7 rings (SSSR count). The summed E-state index contributed by atoms with van der Waals surface area (Å²) in [6.45, 7) is 6.35. The quantitative estimate of drug-likeness (QED) is 0.268. The molecule has 2 aliphatic heterocycles. The first kappa shape index (κ1) is 36.1. The lowest BCUT2D eigenvalue weighted by atomic mass is 10.1. The van der Waals surface area contributed by atoms with Crippen LogP contribution in [0.15, 0.2) is 41.8 Å². The van der Waals surface area contributed by atoms with Gasteiger partial charge in [0, 0.05) is 41.8 Å². The van der Waals surface area contributed by atoms with Gasteiger partial charge in [0.05, 0.1) is 29.6 Å². The van der Waals surface area contributed by atoms with Crippen molar-refractivity contribution in [3.05, 3.63) is 47.5 Å². The van der Waals surface area contributed by atoms with Gasteiger partial charge in [-0.3, -0.25) is 14.3 Å². The van der Waals surface area contributed by atoms with E-state index < -0.39 is 50.3 Å². The molecule has 1 aromatic carbocycles. The Bertz CT molecular complexity index is 2030. The average molecular weight is 751 g/mol. The van der Waals surface area contributed by atoms with E-state index in [1.165, 1.54) is 16.2 Å². The van der Waals surface area contributed by atoms with E-state index in [9.17, 15) is 22.8 Å². The topological polar surface area (TPSA) is 169 Å². The van der Waals surface area contributed by atoms with Crippen LogP contribution in [0.3, 0.4) is 0 Å². The van der Waals surface area contributed by atoms with Crippen molar-refractivity contribution in [2.45, 2.75) is 100 Å². The number of rotatable bonds is 8. The van der Waals surface area contributed by atoms with Gasteiger partial charge < -0.3 is 25.0 Å². The van der Waals surface area contributed by atoms with Crippen LogP contribution in [-0.4, -0.2) is 83.8 Å². The number of thiazole rings is 1. The lowest BCUT2D eigenvalue weighted by Crippen LogP contribution is -2.57. The summed E-state index contributed by atoms with van der Waals surface area (Å²) in [5.41, 5.74) is 0.802. The van der Waals surface area contributed by atoms with Gasteiger partial charge in [0.15, 0.2) is 0 Å². The van der Waals surface area contributed by atoms with Crippen LogP contribution in [0.4, 0.5) is 4.79 Å². The lowest BCUT2D eigenvalue weighted by Gasteiger charge is -2.27. The second kappa shape index (κ2) is 14.0. The molecule has 0 spiro atoms. The molecule has 2 aromatic heterocycles. The first-order valence-electron chi connectivity index (χ1n) is 18.0. The first-order chi connectivity index (χ1) is 24.8. The van der Waals surface area contributed by atoms with E-state index >= 15 is 0 Å². The number of aromatic nitrogens is 2. The van der Waals surface area contributed by atoms with Crippen LogP contribution in [0.2, 0.25) is 0 Å². The Labute approximate surface area is 308 Å².